The lowest BCUT2D eigenvalue weighted by Crippen LogP contribution is -2.22. The van der Waals surface area contributed by atoms with E-state index in [1.807, 2.05) is 18.2 Å². The Hall–Kier alpha value is -2.81. The number of hydrogen-bond acceptors (Lipinski definition) is 6. The van der Waals surface area contributed by atoms with E-state index in [9.17, 15) is 9.90 Å². The SMILES string of the molecule is Cc1noc(C)c1C(O)c1ccc(-c2cc(Cl)c3oc(N(C)C(=O)O)cc3c2)s1. The van der Waals surface area contributed by atoms with Gasteiger partial charge in [-0.25, -0.2) is 4.79 Å². The number of anilines is 1. The largest absolute Gasteiger partial charge is 0.465 e. The highest BCUT2D eigenvalue weighted by Gasteiger charge is 2.22. The maximum atomic E-state index is 11.2. The molecule has 1 unspecified atom stereocenters. The Kier molecular flexibility index (Phi) is 4.85. The van der Waals surface area contributed by atoms with Crippen LogP contribution < -0.4 is 4.90 Å². The molecule has 0 aliphatic heterocycles. The minimum absolute atomic E-state index is 0.187. The molecule has 29 heavy (non-hydrogen) atoms. The molecule has 2 N–H and O–H groups in total. The topological polar surface area (TPSA) is 99.9 Å². The fourth-order valence-electron chi connectivity index (χ4n) is 3.18. The monoisotopic (exact) mass is 432 g/mol. The Labute approximate surface area is 174 Å². The van der Waals surface area contributed by atoms with E-state index >= 15 is 0 Å². The Morgan fingerprint density at radius 2 is 2.03 bits per heavy atom. The summed E-state index contributed by atoms with van der Waals surface area (Å²) in [5.74, 6) is 0.773. The number of benzene rings is 1. The number of amides is 1. The predicted molar refractivity (Wildman–Crippen MR) is 111 cm³/mol. The van der Waals surface area contributed by atoms with E-state index in [-0.39, 0.29) is 5.88 Å². The third-order valence-electron chi connectivity index (χ3n) is 4.72. The van der Waals surface area contributed by atoms with Crippen LogP contribution in [0, 0.1) is 13.8 Å². The first kappa shape index (κ1) is 19.5. The van der Waals surface area contributed by atoms with Crippen molar-refractivity contribution in [1.29, 1.82) is 0 Å². The van der Waals surface area contributed by atoms with Gasteiger partial charge in [0, 0.05) is 28.3 Å². The number of halogens is 1. The predicted octanol–water partition coefficient (Wildman–Crippen LogP) is 5.62. The number of carbonyl (C=O) groups is 1. The second-order valence-electron chi connectivity index (χ2n) is 6.65. The zero-order valence-electron chi connectivity index (χ0n) is 15.8. The fraction of sp³-hybridized carbons (Fsp3) is 0.200. The molecule has 0 bridgehead atoms. The zero-order chi connectivity index (χ0) is 20.9. The Balaban J connectivity index is 1.71. The summed E-state index contributed by atoms with van der Waals surface area (Å²) in [6.07, 6.45) is -1.96. The van der Waals surface area contributed by atoms with Gasteiger partial charge in [0.05, 0.1) is 16.3 Å². The van der Waals surface area contributed by atoms with Crippen LogP contribution in [0.5, 0.6) is 0 Å². The van der Waals surface area contributed by atoms with Crippen LogP contribution in [-0.4, -0.2) is 28.5 Å². The van der Waals surface area contributed by atoms with Crippen LogP contribution in [0.4, 0.5) is 10.7 Å². The van der Waals surface area contributed by atoms with Crippen molar-refractivity contribution in [2.24, 2.45) is 0 Å². The van der Waals surface area contributed by atoms with Crippen molar-refractivity contribution in [1.82, 2.24) is 5.16 Å². The van der Waals surface area contributed by atoms with Crippen molar-refractivity contribution in [2.45, 2.75) is 20.0 Å². The van der Waals surface area contributed by atoms with Gasteiger partial charge in [0.1, 0.15) is 11.9 Å². The maximum Gasteiger partial charge on any atom is 0.413 e. The lowest BCUT2D eigenvalue weighted by atomic mass is 10.1. The van der Waals surface area contributed by atoms with Gasteiger partial charge in [0.25, 0.3) is 0 Å². The van der Waals surface area contributed by atoms with Gasteiger partial charge in [0.15, 0.2) is 5.58 Å². The molecule has 0 spiro atoms. The molecule has 3 heterocycles. The Morgan fingerprint density at radius 1 is 1.28 bits per heavy atom. The van der Waals surface area contributed by atoms with Crippen LogP contribution in [0.15, 0.2) is 39.3 Å². The second-order valence-corrected chi connectivity index (χ2v) is 8.17. The minimum atomic E-state index is -1.13. The van der Waals surface area contributed by atoms with E-state index in [2.05, 4.69) is 5.16 Å². The summed E-state index contributed by atoms with van der Waals surface area (Å²) >= 11 is 7.81. The summed E-state index contributed by atoms with van der Waals surface area (Å²) in [7, 11) is 1.40. The van der Waals surface area contributed by atoms with Crippen molar-refractivity contribution in [3.8, 4) is 10.4 Å². The number of furan rings is 1. The lowest BCUT2D eigenvalue weighted by Gasteiger charge is -2.07. The lowest BCUT2D eigenvalue weighted by molar-refractivity contribution is 0.202. The van der Waals surface area contributed by atoms with E-state index in [0.717, 1.165) is 20.2 Å². The molecule has 1 atom stereocenters. The highest BCUT2D eigenvalue weighted by Crippen LogP contribution is 2.40. The van der Waals surface area contributed by atoms with E-state index in [4.69, 9.17) is 25.6 Å². The van der Waals surface area contributed by atoms with Gasteiger partial charge in [-0.2, -0.15) is 0 Å². The standard InChI is InChI=1S/C20H17ClN2O5S/c1-9-17(10(2)28-22-9)18(24)15-5-4-14(29-15)11-6-12-8-16(23(3)20(25)26)27-19(12)13(21)7-11/h4-8,18,24H,1-3H3,(H,25,26). The van der Waals surface area contributed by atoms with E-state index in [1.165, 1.54) is 18.4 Å². The average molecular weight is 433 g/mol. The number of aliphatic hydroxyl groups excluding tert-OH is 1. The molecule has 0 aliphatic rings. The van der Waals surface area contributed by atoms with Gasteiger partial charge in [-0.3, -0.25) is 4.90 Å². The molecular formula is C20H17ClN2O5S. The molecule has 3 aromatic heterocycles. The van der Waals surface area contributed by atoms with Crippen molar-refractivity contribution in [3.05, 3.63) is 57.2 Å². The molecule has 0 radical (unpaired) electrons. The van der Waals surface area contributed by atoms with Crippen molar-refractivity contribution in [2.75, 3.05) is 11.9 Å². The quantitative estimate of drug-likeness (QED) is 0.434. The van der Waals surface area contributed by atoms with Crippen LogP contribution in [-0.2, 0) is 0 Å². The second kappa shape index (κ2) is 7.22. The number of thiophene rings is 1. The molecule has 0 aliphatic carbocycles. The average Bonchev–Trinajstić information content (AvgIpc) is 3.39. The normalized spacial score (nSPS) is 12.4. The van der Waals surface area contributed by atoms with Gasteiger partial charge >= 0.3 is 6.09 Å². The minimum Gasteiger partial charge on any atom is -0.465 e. The number of aryl methyl sites for hydroxylation is 2. The number of nitrogens with zero attached hydrogens (tertiary/aromatic N) is 2. The summed E-state index contributed by atoms with van der Waals surface area (Å²) in [6.45, 7) is 3.56. The molecule has 0 saturated heterocycles. The molecule has 150 valence electrons. The number of rotatable bonds is 4. The van der Waals surface area contributed by atoms with Crippen LogP contribution in [0.3, 0.4) is 0 Å². The molecule has 1 amide bonds. The van der Waals surface area contributed by atoms with Crippen molar-refractivity contribution in [3.63, 3.8) is 0 Å². The van der Waals surface area contributed by atoms with E-state index in [1.54, 1.807) is 26.0 Å². The van der Waals surface area contributed by atoms with Crippen LogP contribution in [0.2, 0.25) is 5.02 Å². The van der Waals surface area contributed by atoms with Crippen LogP contribution in [0.1, 0.15) is 28.0 Å². The number of fused-ring (bicyclic) bond motifs is 1. The van der Waals surface area contributed by atoms with Gasteiger partial charge in [0.2, 0.25) is 5.88 Å². The first-order chi connectivity index (χ1) is 13.8. The van der Waals surface area contributed by atoms with Gasteiger partial charge in [-0.15, -0.1) is 11.3 Å². The smallest absolute Gasteiger partial charge is 0.413 e. The van der Waals surface area contributed by atoms with Crippen molar-refractivity contribution >= 4 is 45.9 Å². The molecular weight excluding hydrogens is 416 g/mol. The number of aliphatic hydroxyl groups is 1. The molecule has 7 nitrogen and oxygen atoms in total. The number of hydrogen-bond donors (Lipinski definition) is 2. The van der Waals surface area contributed by atoms with E-state index < -0.39 is 12.2 Å². The highest BCUT2D eigenvalue weighted by atomic mass is 35.5. The maximum absolute atomic E-state index is 11.2. The van der Waals surface area contributed by atoms with Gasteiger partial charge < -0.3 is 19.2 Å². The third-order valence-corrected chi connectivity index (χ3v) is 6.19. The van der Waals surface area contributed by atoms with Gasteiger partial charge in [-0.1, -0.05) is 16.8 Å². The zero-order valence-corrected chi connectivity index (χ0v) is 17.3. The van der Waals surface area contributed by atoms with Crippen LogP contribution >= 0.6 is 22.9 Å². The molecule has 4 rings (SSSR count). The molecule has 0 saturated carbocycles. The molecule has 4 aromatic rings. The number of aromatic nitrogens is 1. The molecule has 9 heteroatoms. The highest BCUT2D eigenvalue weighted by molar-refractivity contribution is 7.15. The summed E-state index contributed by atoms with van der Waals surface area (Å²) in [4.78, 5) is 13.8. The summed E-state index contributed by atoms with van der Waals surface area (Å²) in [5, 5.41) is 24.9. The Morgan fingerprint density at radius 3 is 2.69 bits per heavy atom. The van der Waals surface area contributed by atoms with Crippen LogP contribution in [0.25, 0.3) is 21.4 Å². The van der Waals surface area contributed by atoms with E-state index in [0.29, 0.717) is 33.0 Å². The summed E-state index contributed by atoms with van der Waals surface area (Å²) in [5.41, 5.74) is 2.59. The molecule has 1 aromatic carbocycles. The first-order valence-electron chi connectivity index (χ1n) is 8.67. The van der Waals surface area contributed by atoms with Crippen molar-refractivity contribution < 1.29 is 23.9 Å². The summed E-state index contributed by atoms with van der Waals surface area (Å²) < 4.78 is 10.7. The fourth-order valence-corrected chi connectivity index (χ4v) is 4.43. The Bertz CT molecular complexity index is 1210. The molecule has 0 fully saturated rings. The summed E-state index contributed by atoms with van der Waals surface area (Å²) in [6, 6.07) is 9.03. The third kappa shape index (κ3) is 3.39. The number of carboxylic acid groups (broad SMARTS) is 1. The first-order valence-corrected chi connectivity index (χ1v) is 9.86. The van der Waals surface area contributed by atoms with Gasteiger partial charge in [-0.05, 0) is 43.7 Å².